The summed E-state index contributed by atoms with van der Waals surface area (Å²) < 4.78 is 25.3. The lowest BCUT2D eigenvalue weighted by Crippen LogP contribution is -2.12. The number of anilines is 3. The van der Waals surface area contributed by atoms with Gasteiger partial charge in [0.15, 0.2) is 0 Å². The predicted octanol–water partition coefficient (Wildman–Crippen LogP) is 1.94. The molecule has 2 heterocycles. The van der Waals surface area contributed by atoms with Crippen LogP contribution >= 0.6 is 15.9 Å². The summed E-state index contributed by atoms with van der Waals surface area (Å²) >= 11 is 3.41. The highest BCUT2D eigenvalue weighted by atomic mass is 79.9. The maximum absolute atomic E-state index is 11.3. The molecule has 0 aliphatic heterocycles. The molecule has 0 aliphatic carbocycles. The average Bonchev–Trinajstić information content (AvgIpc) is 3.11. The standard InChI is InChI=1S/C15H16BrN7O2S/c16-13-9-20-15(21-11-1-3-12(4-2-11)26(17,24)25)22-14(13)19-6-8-23-7-5-18-10-23/h1-5,7,9-10H,6,8H2,(H2,17,24,25)(H2,19,20,21,22). The molecule has 3 rings (SSSR count). The van der Waals surface area contributed by atoms with E-state index in [1.54, 1.807) is 30.9 Å². The van der Waals surface area contributed by atoms with Gasteiger partial charge in [-0.3, -0.25) is 0 Å². The van der Waals surface area contributed by atoms with E-state index in [-0.39, 0.29) is 4.90 Å². The van der Waals surface area contributed by atoms with Gasteiger partial charge in [-0.1, -0.05) is 0 Å². The van der Waals surface area contributed by atoms with Gasteiger partial charge in [0.25, 0.3) is 0 Å². The third-order valence-electron chi connectivity index (χ3n) is 3.40. The molecule has 11 heteroatoms. The van der Waals surface area contributed by atoms with E-state index in [1.807, 2.05) is 10.8 Å². The van der Waals surface area contributed by atoms with E-state index in [2.05, 4.69) is 41.5 Å². The Balaban J connectivity index is 1.66. The van der Waals surface area contributed by atoms with Crippen LogP contribution < -0.4 is 15.8 Å². The molecule has 2 aromatic heterocycles. The number of nitrogens with zero attached hydrogens (tertiary/aromatic N) is 4. The Hall–Kier alpha value is -2.50. The van der Waals surface area contributed by atoms with Crippen molar-refractivity contribution in [1.29, 1.82) is 0 Å². The zero-order chi connectivity index (χ0) is 18.6. The summed E-state index contributed by atoms with van der Waals surface area (Å²) in [5.41, 5.74) is 0.643. The van der Waals surface area contributed by atoms with Crippen molar-refractivity contribution in [3.8, 4) is 0 Å². The van der Waals surface area contributed by atoms with E-state index in [9.17, 15) is 8.42 Å². The van der Waals surface area contributed by atoms with Gasteiger partial charge in [-0.05, 0) is 40.2 Å². The number of nitrogens with two attached hydrogens (primary N) is 1. The molecule has 0 fully saturated rings. The molecule has 9 nitrogen and oxygen atoms in total. The first kappa shape index (κ1) is 18.3. The molecule has 26 heavy (non-hydrogen) atoms. The first-order valence-corrected chi connectivity index (χ1v) is 9.88. The van der Waals surface area contributed by atoms with Gasteiger partial charge in [-0.15, -0.1) is 0 Å². The highest BCUT2D eigenvalue weighted by Gasteiger charge is 2.08. The summed E-state index contributed by atoms with van der Waals surface area (Å²) in [4.78, 5) is 12.6. The summed E-state index contributed by atoms with van der Waals surface area (Å²) in [6, 6.07) is 6.02. The van der Waals surface area contributed by atoms with Crippen molar-refractivity contribution in [3.05, 3.63) is 53.7 Å². The molecule has 0 saturated heterocycles. The maximum atomic E-state index is 11.3. The molecule has 0 radical (unpaired) electrons. The van der Waals surface area contributed by atoms with Gasteiger partial charge < -0.3 is 15.2 Å². The zero-order valence-electron chi connectivity index (χ0n) is 13.5. The van der Waals surface area contributed by atoms with Crippen molar-refractivity contribution in [2.24, 2.45) is 5.14 Å². The molecule has 0 amide bonds. The largest absolute Gasteiger partial charge is 0.367 e. The quantitative estimate of drug-likeness (QED) is 0.514. The Bertz CT molecular complexity index is 976. The molecule has 0 atom stereocenters. The monoisotopic (exact) mass is 437 g/mol. The van der Waals surface area contributed by atoms with Crippen molar-refractivity contribution < 1.29 is 8.42 Å². The van der Waals surface area contributed by atoms with Gasteiger partial charge in [0.2, 0.25) is 16.0 Å². The van der Waals surface area contributed by atoms with Gasteiger partial charge in [-0.25, -0.2) is 23.5 Å². The Morgan fingerprint density at radius 3 is 2.65 bits per heavy atom. The van der Waals surface area contributed by atoms with Crippen molar-refractivity contribution in [2.75, 3.05) is 17.2 Å². The van der Waals surface area contributed by atoms with Gasteiger partial charge in [0.05, 0.1) is 15.7 Å². The van der Waals surface area contributed by atoms with Crippen molar-refractivity contribution in [1.82, 2.24) is 19.5 Å². The Labute approximate surface area is 158 Å². The number of halogens is 1. The summed E-state index contributed by atoms with van der Waals surface area (Å²) in [6.45, 7) is 1.41. The average molecular weight is 438 g/mol. The van der Waals surface area contributed by atoms with Crippen LogP contribution in [0, 0.1) is 0 Å². The van der Waals surface area contributed by atoms with Crippen LogP contribution in [0.1, 0.15) is 0 Å². The first-order valence-electron chi connectivity index (χ1n) is 7.54. The second-order valence-electron chi connectivity index (χ2n) is 5.31. The van der Waals surface area contributed by atoms with Crippen molar-refractivity contribution >= 4 is 43.4 Å². The highest BCUT2D eigenvalue weighted by Crippen LogP contribution is 2.22. The van der Waals surface area contributed by atoms with Crippen LogP contribution in [-0.2, 0) is 16.6 Å². The molecule has 3 aromatic rings. The molecule has 1 aromatic carbocycles. The minimum absolute atomic E-state index is 0.0432. The number of rotatable bonds is 7. The number of imidazole rings is 1. The van der Waals surface area contributed by atoms with Crippen molar-refractivity contribution in [3.63, 3.8) is 0 Å². The smallest absolute Gasteiger partial charge is 0.238 e. The normalized spacial score (nSPS) is 11.3. The van der Waals surface area contributed by atoms with Gasteiger partial charge in [0, 0.05) is 37.4 Å². The van der Waals surface area contributed by atoms with Crippen LogP contribution in [0.5, 0.6) is 0 Å². The molecule has 0 unspecified atom stereocenters. The summed E-state index contributed by atoms with van der Waals surface area (Å²) in [6.07, 6.45) is 6.99. The number of hydrogen-bond donors (Lipinski definition) is 3. The third-order valence-corrected chi connectivity index (χ3v) is 4.91. The molecule has 0 bridgehead atoms. The van der Waals surface area contributed by atoms with Crippen LogP contribution in [-0.4, -0.2) is 34.5 Å². The van der Waals surface area contributed by atoms with Gasteiger partial charge in [-0.2, -0.15) is 4.98 Å². The molecule has 0 saturated carbocycles. The van der Waals surface area contributed by atoms with Crippen LogP contribution in [0.4, 0.5) is 17.5 Å². The number of primary sulfonamides is 1. The maximum Gasteiger partial charge on any atom is 0.238 e. The summed E-state index contributed by atoms with van der Waals surface area (Å²) in [5, 5.41) is 11.3. The summed E-state index contributed by atoms with van der Waals surface area (Å²) in [7, 11) is -3.72. The minimum Gasteiger partial charge on any atom is -0.367 e. The van der Waals surface area contributed by atoms with Gasteiger partial charge >= 0.3 is 0 Å². The van der Waals surface area contributed by atoms with Crippen LogP contribution in [0.15, 0.2) is 58.6 Å². The molecule has 0 spiro atoms. The SMILES string of the molecule is NS(=O)(=O)c1ccc(Nc2ncc(Br)c(NCCn3ccnc3)n2)cc1. The van der Waals surface area contributed by atoms with Crippen molar-refractivity contribution in [2.45, 2.75) is 11.4 Å². The highest BCUT2D eigenvalue weighted by molar-refractivity contribution is 9.10. The van der Waals surface area contributed by atoms with E-state index < -0.39 is 10.0 Å². The Morgan fingerprint density at radius 1 is 1.23 bits per heavy atom. The number of nitrogens with one attached hydrogen (secondary N) is 2. The molecule has 4 N–H and O–H groups in total. The lowest BCUT2D eigenvalue weighted by atomic mass is 10.3. The number of benzene rings is 1. The van der Waals surface area contributed by atoms with E-state index in [1.165, 1.54) is 12.1 Å². The fourth-order valence-corrected chi connectivity index (χ4v) is 2.98. The second-order valence-corrected chi connectivity index (χ2v) is 7.73. The molecule has 136 valence electrons. The van der Waals surface area contributed by atoms with E-state index in [0.29, 0.717) is 24.0 Å². The second kappa shape index (κ2) is 7.81. The van der Waals surface area contributed by atoms with Crippen LogP contribution in [0.25, 0.3) is 0 Å². The first-order chi connectivity index (χ1) is 12.4. The Kier molecular flexibility index (Phi) is 5.49. The Morgan fingerprint density at radius 2 is 2.00 bits per heavy atom. The van der Waals surface area contributed by atoms with Crippen LogP contribution in [0.3, 0.4) is 0 Å². The molecular formula is C15H16BrN7O2S. The molecular weight excluding hydrogens is 422 g/mol. The predicted molar refractivity (Wildman–Crippen MR) is 102 cm³/mol. The number of sulfonamides is 1. The fraction of sp³-hybridized carbons (Fsp3) is 0.133. The third kappa shape index (κ3) is 4.77. The minimum atomic E-state index is -3.72. The fourth-order valence-electron chi connectivity index (χ4n) is 2.13. The van der Waals surface area contributed by atoms with Crippen LogP contribution in [0.2, 0.25) is 0 Å². The summed E-state index contributed by atoms with van der Waals surface area (Å²) in [5.74, 6) is 1.02. The lowest BCUT2D eigenvalue weighted by Gasteiger charge is -2.10. The number of aromatic nitrogens is 4. The topological polar surface area (TPSA) is 128 Å². The lowest BCUT2D eigenvalue weighted by molar-refractivity contribution is 0.598. The van der Waals surface area contributed by atoms with E-state index in [0.717, 1.165) is 11.0 Å². The van der Waals surface area contributed by atoms with E-state index in [4.69, 9.17) is 5.14 Å². The van der Waals surface area contributed by atoms with Gasteiger partial charge in [0.1, 0.15) is 5.82 Å². The van der Waals surface area contributed by atoms with E-state index >= 15 is 0 Å². The molecule has 0 aliphatic rings. The number of hydrogen-bond acceptors (Lipinski definition) is 7. The zero-order valence-corrected chi connectivity index (χ0v) is 15.9.